The van der Waals surface area contributed by atoms with Crippen molar-refractivity contribution in [3.63, 3.8) is 0 Å². The zero-order valence-electron chi connectivity index (χ0n) is 16.1. The number of anilines is 1. The number of benzene rings is 1. The molecule has 3 heterocycles. The smallest absolute Gasteiger partial charge is 0.228 e. The van der Waals surface area contributed by atoms with E-state index in [0.29, 0.717) is 37.4 Å². The van der Waals surface area contributed by atoms with E-state index in [1.807, 2.05) is 23.1 Å². The van der Waals surface area contributed by atoms with Crippen molar-refractivity contribution in [1.29, 1.82) is 5.26 Å². The highest BCUT2D eigenvalue weighted by Gasteiger charge is 2.27. The van der Waals surface area contributed by atoms with Crippen molar-refractivity contribution in [3.8, 4) is 11.9 Å². The third kappa shape index (κ3) is 4.54. The fourth-order valence-electron chi connectivity index (χ4n) is 3.78. The highest BCUT2D eigenvalue weighted by molar-refractivity contribution is 5.99. The maximum Gasteiger partial charge on any atom is 0.228 e. The normalized spacial score (nSPS) is 17.6. The van der Waals surface area contributed by atoms with Gasteiger partial charge in [-0.3, -0.25) is 9.59 Å². The lowest BCUT2D eigenvalue weighted by atomic mass is 10.0. The van der Waals surface area contributed by atoms with E-state index < -0.39 is 0 Å². The van der Waals surface area contributed by atoms with Crippen molar-refractivity contribution < 1.29 is 14.3 Å². The van der Waals surface area contributed by atoms with Crippen LogP contribution >= 0.6 is 0 Å². The Morgan fingerprint density at radius 3 is 3.03 bits per heavy atom. The standard InChI is InChI=1S/C22H22N4O3/c23-12-16-5-7-21(24-13-16)29-18-8-9-26(14-18)22(28)3-1-2-15-4-6-19-17(10-15)11-20(27)25-19/h4-7,10,13,18H,1-3,8-9,11,14H2,(H,25,27). The van der Waals surface area contributed by atoms with Crippen LogP contribution in [0.5, 0.6) is 5.88 Å². The first-order valence-electron chi connectivity index (χ1n) is 9.83. The molecule has 2 amide bonds. The summed E-state index contributed by atoms with van der Waals surface area (Å²) in [6, 6.07) is 11.4. The molecular formula is C22H22N4O3. The third-order valence-corrected chi connectivity index (χ3v) is 5.30. The van der Waals surface area contributed by atoms with Crippen LogP contribution in [0.15, 0.2) is 36.5 Å². The van der Waals surface area contributed by atoms with Gasteiger partial charge >= 0.3 is 0 Å². The predicted molar refractivity (Wildman–Crippen MR) is 106 cm³/mol. The molecule has 1 aromatic carbocycles. The molecule has 2 aliphatic heterocycles. The first-order chi connectivity index (χ1) is 14.1. The van der Waals surface area contributed by atoms with E-state index in [0.717, 1.165) is 36.1 Å². The van der Waals surface area contributed by atoms with E-state index in [-0.39, 0.29) is 17.9 Å². The van der Waals surface area contributed by atoms with Crippen LogP contribution < -0.4 is 10.1 Å². The minimum absolute atomic E-state index is 0.0364. The number of nitrogens with zero attached hydrogens (tertiary/aromatic N) is 3. The first-order valence-corrected chi connectivity index (χ1v) is 9.83. The summed E-state index contributed by atoms with van der Waals surface area (Å²) in [7, 11) is 0. The van der Waals surface area contributed by atoms with Gasteiger partial charge in [0, 0.05) is 37.3 Å². The average Bonchev–Trinajstić information content (AvgIpc) is 3.34. The van der Waals surface area contributed by atoms with E-state index in [4.69, 9.17) is 10.00 Å². The largest absolute Gasteiger partial charge is 0.472 e. The molecule has 29 heavy (non-hydrogen) atoms. The van der Waals surface area contributed by atoms with Crippen LogP contribution in [0.3, 0.4) is 0 Å². The summed E-state index contributed by atoms with van der Waals surface area (Å²) < 4.78 is 5.83. The Kier molecular flexibility index (Phi) is 5.43. The molecule has 7 nitrogen and oxygen atoms in total. The number of hydrogen-bond acceptors (Lipinski definition) is 5. The van der Waals surface area contributed by atoms with Gasteiger partial charge in [-0.25, -0.2) is 4.98 Å². The molecule has 0 saturated carbocycles. The van der Waals surface area contributed by atoms with Gasteiger partial charge in [0.05, 0.1) is 18.5 Å². The van der Waals surface area contributed by atoms with E-state index >= 15 is 0 Å². The van der Waals surface area contributed by atoms with Crippen molar-refractivity contribution in [1.82, 2.24) is 9.88 Å². The Labute approximate surface area is 169 Å². The van der Waals surface area contributed by atoms with Gasteiger partial charge in [-0.15, -0.1) is 0 Å². The number of aryl methyl sites for hydroxylation is 1. The van der Waals surface area contributed by atoms with Crippen molar-refractivity contribution in [2.75, 3.05) is 18.4 Å². The van der Waals surface area contributed by atoms with Gasteiger partial charge in [0.15, 0.2) is 0 Å². The minimum Gasteiger partial charge on any atom is -0.472 e. The van der Waals surface area contributed by atoms with E-state index in [2.05, 4.69) is 16.4 Å². The van der Waals surface area contributed by atoms with Crippen LogP contribution in [0.1, 0.15) is 36.0 Å². The van der Waals surface area contributed by atoms with Crippen LogP contribution in [-0.2, 0) is 22.4 Å². The van der Waals surface area contributed by atoms with Gasteiger partial charge in [-0.2, -0.15) is 5.26 Å². The van der Waals surface area contributed by atoms with Gasteiger partial charge in [0.25, 0.3) is 0 Å². The van der Waals surface area contributed by atoms with Crippen LogP contribution in [0.2, 0.25) is 0 Å². The lowest BCUT2D eigenvalue weighted by Crippen LogP contribution is -2.30. The van der Waals surface area contributed by atoms with Crippen molar-refractivity contribution in [2.24, 2.45) is 0 Å². The molecule has 1 fully saturated rings. The van der Waals surface area contributed by atoms with Gasteiger partial charge in [0.1, 0.15) is 12.2 Å². The fourth-order valence-corrected chi connectivity index (χ4v) is 3.78. The molecule has 148 valence electrons. The molecule has 1 N–H and O–H groups in total. The van der Waals surface area contributed by atoms with Crippen molar-refractivity contribution in [3.05, 3.63) is 53.2 Å². The molecule has 1 atom stereocenters. The monoisotopic (exact) mass is 390 g/mol. The Morgan fingerprint density at radius 2 is 2.24 bits per heavy atom. The van der Waals surface area contributed by atoms with Gasteiger partial charge in [-0.1, -0.05) is 12.1 Å². The van der Waals surface area contributed by atoms with Crippen molar-refractivity contribution in [2.45, 2.75) is 38.2 Å². The molecule has 1 saturated heterocycles. The number of carbonyl (C=O) groups excluding carboxylic acids is 2. The summed E-state index contributed by atoms with van der Waals surface area (Å²) in [6.45, 7) is 1.25. The predicted octanol–water partition coefficient (Wildman–Crippen LogP) is 2.45. The maximum atomic E-state index is 12.5. The Hall–Kier alpha value is -3.40. The van der Waals surface area contributed by atoms with Crippen LogP contribution in [0.25, 0.3) is 0 Å². The summed E-state index contributed by atoms with van der Waals surface area (Å²) in [6.07, 6.45) is 4.72. The molecule has 1 aromatic heterocycles. The highest BCUT2D eigenvalue weighted by atomic mass is 16.5. The summed E-state index contributed by atoms with van der Waals surface area (Å²) in [5, 5.41) is 11.6. The highest BCUT2D eigenvalue weighted by Crippen LogP contribution is 2.25. The Morgan fingerprint density at radius 1 is 1.34 bits per heavy atom. The zero-order chi connectivity index (χ0) is 20.2. The summed E-state index contributed by atoms with van der Waals surface area (Å²) in [5.41, 5.74) is 3.58. The summed E-state index contributed by atoms with van der Waals surface area (Å²) in [4.78, 5) is 29.9. The lowest BCUT2D eigenvalue weighted by Gasteiger charge is -2.17. The molecule has 0 aliphatic carbocycles. The maximum absolute atomic E-state index is 12.5. The number of carbonyl (C=O) groups is 2. The second-order valence-corrected chi connectivity index (χ2v) is 7.44. The molecule has 2 aliphatic rings. The number of aromatic nitrogens is 1. The number of amides is 2. The molecular weight excluding hydrogens is 368 g/mol. The zero-order valence-corrected chi connectivity index (χ0v) is 16.1. The Bertz CT molecular complexity index is 965. The first kappa shape index (κ1) is 18.9. The van der Waals surface area contributed by atoms with Gasteiger partial charge in [0.2, 0.25) is 17.7 Å². The average molecular weight is 390 g/mol. The molecule has 7 heteroatoms. The van der Waals surface area contributed by atoms with Crippen molar-refractivity contribution >= 4 is 17.5 Å². The minimum atomic E-state index is -0.0684. The topological polar surface area (TPSA) is 95.3 Å². The quantitative estimate of drug-likeness (QED) is 0.817. The van der Waals surface area contributed by atoms with Crippen LogP contribution in [0, 0.1) is 11.3 Å². The number of hydrogen-bond donors (Lipinski definition) is 1. The van der Waals surface area contributed by atoms with Gasteiger partial charge < -0.3 is 15.0 Å². The Balaban J connectivity index is 1.22. The molecule has 4 rings (SSSR count). The molecule has 0 radical (unpaired) electrons. The number of nitrogens with one attached hydrogen (secondary N) is 1. The number of nitriles is 1. The number of likely N-dealkylation sites (tertiary alicyclic amines) is 1. The van der Waals surface area contributed by atoms with Crippen LogP contribution in [0.4, 0.5) is 5.69 Å². The van der Waals surface area contributed by atoms with E-state index in [1.54, 1.807) is 12.1 Å². The fraction of sp³-hybridized carbons (Fsp3) is 0.364. The molecule has 2 aromatic rings. The number of rotatable bonds is 6. The third-order valence-electron chi connectivity index (χ3n) is 5.30. The molecule has 1 unspecified atom stereocenters. The van der Waals surface area contributed by atoms with Crippen LogP contribution in [-0.4, -0.2) is 40.9 Å². The second-order valence-electron chi connectivity index (χ2n) is 7.44. The summed E-state index contributed by atoms with van der Waals surface area (Å²) >= 11 is 0. The number of fused-ring (bicyclic) bond motifs is 1. The lowest BCUT2D eigenvalue weighted by molar-refractivity contribution is -0.130. The number of ether oxygens (including phenoxy) is 1. The second kappa shape index (κ2) is 8.31. The number of pyridine rings is 1. The van der Waals surface area contributed by atoms with E-state index in [9.17, 15) is 9.59 Å². The SMILES string of the molecule is N#Cc1ccc(OC2CCN(C(=O)CCCc3ccc4c(c3)CC(=O)N4)C2)nc1. The van der Waals surface area contributed by atoms with Gasteiger partial charge in [-0.05, 0) is 36.1 Å². The molecule has 0 spiro atoms. The van der Waals surface area contributed by atoms with E-state index in [1.165, 1.54) is 6.20 Å². The molecule has 0 bridgehead atoms. The summed E-state index contributed by atoms with van der Waals surface area (Å²) in [5.74, 6) is 0.657.